The monoisotopic (exact) mass is 380 g/mol. The second-order valence-corrected chi connectivity index (χ2v) is 8.97. The van der Waals surface area contributed by atoms with Gasteiger partial charge in [-0.1, -0.05) is 25.1 Å². The van der Waals surface area contributed by atoms with Crippen molar-refractivity contribution in [2.75, 3.05) is 19.6 Å². The molecule has 3 atom stereocenters. The fraction of sp³-hybridized carbons (Fsp3) is 0.556. The van der Waals surface area contributed by atoms with Gasteiger partial charge in [0, 0.05) is 19.6 Å². The van der Waals surface area contributed by atoms with Gasteiger partial charge in [0.25, 0.3) is 0 Å². The zero-order valence-corrected chi connectivity index (χ0v) is 15.6. The third kappa shape index (κ3) is 3.48. The van der Waals surface area contributed by atoms with Crippen LogP contribution < -0.4 is 0 Å². The molecule has 2 aliphatic rings. The van der Waals surface area contributed by atoms with Crippen molar-refractivity contribution in [3.05, 3.63) is 30.3 Å². The highest BCUT2D eigenvalue weighted by Crippen LogP contribution is 2.30. The maximum Gasteiger partial charge on any atom is 0.306 e. The maximum absolute atomic E-state index is 13.0. The van der Waals surface area contributed by atoms with Crippen LogP contribution in [0, 0.1) is 11.8 Å². The highest BCUT2D eigenvalue weighted by molar-refractivity contribution is 7.89. The molecular formula is C18H24N2O5S. The Morgan fingerprint density at radius 1 is 1.12 bits per heavy atom. The Kier molecular flexibility index (Phi) is 5.34. The highest BCUT2D eigenvalue weighted by Gasteiger charge is 2.43. The number of nitrogens with zero attached hydrogens (tertiary/aromatic N) is 2. The van der Waals surface area contributed by atoms with Crippen molar-refractivity contribution >= 4 is 21.9 Å². The SMILES string of the molecule is CC1CN(C(=O)C2CCCN2S(=O)(=O)c2ccccc2)CCC1C(=O)O. The number of rotatable bonds is 4. The first-order chi connectivity index (χ1) is 12.3. The zero-order chi connectivity index (χ0) is 18.9. The summed E-state index contributed by atoms with van der Waals surface area (Å²) in [7, 11) is -3.72. The Morgan fingerprint density at radius 2 is 1.81 bits per heavy atom. The molecule has 2 heterocycles. The molecule has 0 spiro atoms. The molecule has 2 aliphatic heterocycles. The van der Waals surface area contributed by atoms with Crippen molar-refractivity contribution in [2.24, 2.45) is 11.8 Å². The summed E-state index contributed by atoms with van der Waals surface area (Å²) in [6.45, 7) is 2.86. The quantitative estimate of drug-likeness (QED) is 0.852. The highest BCUT2D eigenvalue weighted by atomic mass is 32.2. The van der Waals surface area contributed by atoms with Crippen LogP contribution in [0.2, 0.25) is 0 Å². The lowest BCUT2D eigenvalue weighted by molar-refractivity contribution is -0.149. The number of carbonyl (C=O) groups excluding carboxylic acids is 1. The van der Waals surface area contributed by atoms with Gasteiger partial charge in [-0.25, -0.2) is 8.42 Å². The first kappa shape index (κ1) is 18.8. The molecule has 2 saturated heterocycles. The van der Waals surface area contributed by atoms with E-state index in [2.05, 4.69) is 0 Å². The standard InChI is InChI=1S/C18H24N2O5S/c1-13-12-19(11-9-15(13)18(22)23)17(21)16-8-5-10-20(16)26(24,25)14-6-3-2-4-7-14/h2-4,6-7,13,15-16H,5,8-12H2,1H3,(H,22,23). The first-order valence-corrected chi connectivity index (χ1v) is 10.3. The predicted octanol–water partition coefficient (Wildman–Crippen LogP) is 1.41. The van der Waals surface area contributed by atoms with Gasteiger partial charge >= 0.3 is 5.97 Å². The topological polar surface area (TPSA) is 95.0 Å². The summed E-state index contributed by atoms with van der Waals surface area (Å²) < 4.78 is 27.1. The number of hydrogen-bond acceptors (Lipinski definition) is 4. The van der Waals surface area contributed by atoms with Gasteiger partial charge in [0.2, 0.25) is 15.9 Å². The largest absolute Gasteiger partial charge is 0.481 e. The van der Waals surface area contributed by atoms with E-state index in [0.29, 0.717) is 38.9 Å². The van der Waals surface area contributed by atoms with Crippen molar-refractivity contribution in [1.82, 2.24) is 9.21 Å². The molecule has 0 aromatic heterocycles. The summed E-state index contributed by atoms with van der Waals surface area (Å²) in [5.41, 5.74) is 0. The molecule has 2 fully saturated rings. The van der Waals surface area contributed by atoms with E-state index in [1.54, 1.807) is 23.1 Å². The van der Waals surface area contributed by atoms with Crippen LogP contribution in [0.5, 0.6) is 0 Å². The van der Waals surface area contributed by atoms with Crippen LogP contribution in [-0.4, -0.2) is 60.3 Å². The minimum atomic E-state index is -3.72. The minimum absolute atomic E-state index is 0.147. The molecule has 0 radical (unpaired) electrons. The van der Waals surface area contributed by atoms with Crippen LogP contribution in [0.4, 0.5) is 0 Å². The minimum Gasteiger partial charge on any atom is -0.481 e. The molecule has 0 aliphatic carbocycles. The van der Waals surface area contributed by atoms with Crippen LogP contribution in [0.25, 0.3) is 0 Å². The molecule has 1 aromatic rings. The van der Waals surface area contributed by atoms with Crippen molar-refractivity contribution in [3.8, 4) is 0 Å². The molecule has 3 unspecified atom stereocenters. The Hall–Kier alpha value is -1.93. The number of hydrogen-bond donors (Lipinski definition) is 1. The maximum atomic E-state index is 13.0. The van der Waals surface area contributed by atoms with Crippen LogP contribution in [0.15, 0.2) is 35.2 Å². The van der Waals surface area contributed by atoms with Crippen molar-refractivity contribution in [2.45, 2.75) is 37.1 Å². The van der Waals surface area contributed by atoms with E-state index in [0.717, 1.165) is 0 Å². The van der Waals surface area contributed by atoms with Crippen LogP contribution in [0.3, 0.4) is 0 Å². The summed E-state index contributed by atoms with van der Waals surface area (Å²) in [5, 5.41) is 9.23. The van der Waals surface area contributed by atoms with Crippen molar-refractivity contribution in [1.29, 1.82) is 0 Å². The number of aliphatic carboxylic acids is 1. The summed E-state index contributed by atoms with van der Waals surface area (Å²) in [6.07, 6.45) is 1.54. The average molecular weight is 380 g/mol. The van der Waals surface area contributed by atoms with E-state index in [9.17, 15) is 23.1 Å². The fourth-order valence-corrected chi connectivity index (χ4v) is 5.60. The second kappa shape index (κ2) is 7.36. The van der Waals surface area contributed by atoms with E-state index < -0.39 is 28.0 Å². The fourth-order valence-electron chi connectivity index (χ4n) is 3.93. The molecule has 26 heavy (non-hydrogen) atoms. The molecule has 1 aromatic carbocycles. The van der Waals surface area contributed by atoms with Crippen LogP contribution in [0.1, 0.15) is 26.2 Å². The van der Waals surface area contributed by atoms with Gasteiger partial charge in [-0.3, -0.25) is 9.59 Å². The number of sulfonamides is 1. The average Bonchev–Trinajstić information content (AvgIpc) is 3.12. The van der Waals surface area contributed by atoms with Gasteiger partial charge in [0.1, 0.15) is 6.04 Å². The number of carbonyl (C=O) groups is 2. The summed E-state index contributed by atoms with van der Waals surface area (Å²) >= 11 is 0. The van der Waals surface area contributed by atoms with Gasteiger partial charge < -0.3 is 10.0 Å². The number of carboxylic acids is 1. The Morgan fingerprint density at radius 3 is 2.42 bits per heavy atom. The molecule has 142 valence electrons. The summed E-state index contributed by atoms with van der Waals surface area (Å²) in [5.74, 6) is -1.64. The third-order valence-corrected chi connectivity index (χ3v) is 7.30. The lowest BCUT2D eigenvalue weighted by atomic mass is 9.87. The van der Waals surface area contributed by atoms with E-state index in [1.807, 2.05) is 6.92 Å². The Balaban J connectivity index is 1.76. The van der Waals surface area contributed by atoms with Gasteiger partial charge in [-0.2, -0.15) is 4.31 Å². The van der Waals surface area contributed by atoms with Gasteiger partial charge in [0.05, 0.1) is 10.8 Å². The van der Waals surface area contributed by atoms with E-state index in [4.69, 9.17) is 0 Å². The number of benzene rings is 1. The Bertz CT molecular complexity index is 780. The van der Waals surface area contributed by atoms with Crippen molar-refractivity contribution in [3.63, 3.8) is 0 Å². The zero-order valence-electron chi connectivity index (χ0n) is 14.7. The molecule has 0 saturated carbocycles. The van der Waals surface area contributed by atoms with E-state index in [1.165, 1.54) is 16.4 Å². The summed E-state index contributed by atoms with van der Waals surface area (Å²) in [4.78, 5) is 26.1. The van der Waals surface area contributed by atoms with Gasteiger partial charge in [-0.05, 0) is 37.3 Å². The van der Waals surface area contributed by atoms with Crippen LogP contribution >= 0.6 is 0 Å². The van der Waals surface area contributed by atoms with E-state index in [-0.39, 0.29) is 16.7 Å². The van der Waals surface area contributed by atoms with E-state index >= 15 is 0 Å². The number of likely N-dealkylation sites (tertiary alicyclic amines) is 1. The lowest BCUT2D eigenvalue weighted by Crippen LogP contribution is -2.52. The Labute approximate surface area is 153 Å². The number of carboxylic acid groups (broad SMARTS) is 1. The second-order valence-electron chi connectivity index (χ2n) is 7.08. The number of piperidine rings is 1. The van der Waals surface area contributed by atoms with Crippen LogP contribution in [-0.2, 0) is 19.6 Å². The third-order valence-electron chi connectivity index (χ3n) is 5.37. The molecule has 1 N–H and O–H groups in total. The molecule has 8 heteroatoms. The molecule has 7 nitrogen and oxygen atoms in total. The van der Waals surface area contributed by atoms with Crippen molar-refractivity contribution < 1.29 is 23.1 Å². The molecule has 1 amide bonds. The predicted molar refractivity (Wildman–Crippen MR) is 94.8 cm³/mol. The molecule has 0 bridgehead atoms. The van der Waals surface area contributed by atoms with Gasteiger partial charge in [-0.15, -0.1) is 0 Å². The molecular weight excluding hydrogens is 356 g/mol. The lowest BCUT2D eigenvalue weighted by Gasteiger charge is -2.37. The molecule has 3 rings (SSSR count). The summed E-state index contributed by atoms with van der Waals surface area (Å²) in [6, 6.07) is 7.45. The first-order valence-electron chi connectivity index (χ1n) is 8.91. The smallest absolute Gasteiger partial charge is 0.306 e. The van der Waals surface area contributed by atoms with Gasteiger partial charge in [0.15, 0.2) is 0 Å². The number of amides is 1. The normalized spacial score (nSPS) is 27.4.